The van der Waals surface area contributed by atoms with Gasteiger partial charge in [-0.1, -0.05) is 49.6 Å². The van der Waals surface area contributed by atoms with Crippen LogP contribution in [-0.2, 0) is 12.8 Å². The van der Waals surface area contributed by atoms with Crippen molar-refractivity contribution in [1.82, 2.24) is 9.55 Å². The second-order valence-corrected chi connectivity index (χ2v) is 9.16. The van der Waals surface area contributed by atoms with Crippen molar-refractivity contribution < 1.29 is 0 Å². The Kier molecular flexibility index (Phi) is 5.19. The molecule has 2 heterocycles. The molecular formula is C23H26N4OS. The summed E-state index contributed by atoms with van der Waals surface area (Å²) < 4.78 is 1.91. The molecule has 1 fully saturated rings. The standard InChI is InChI=1S/C23H26N4OS/c28-22-20-18-13-7-8-14-19(18)29-21(20)25-23(27(22)17-11-5-2-6-12-17)26-24-15-16-9-3-1-4-10-16/h1,3-4,9-10,15,17H,2,5-8,11-14H2,(H,25,26)/b24-15+. The number of thiophene rings is 1. The Morgan fingerprint density at radius 1 is 1.07 bits per heavy atom. The van der Waals surface area contributed by atoms with Crippen LogP contribution >= 0.6 is 11.3 Å². The molecule has 5 rings (SSSR count). The highest BCUT2D eigenvalue weighted by atomic mass is 32.1. The lowest BCUT2D eigenvalue weighted by atomic mass is 9.94. The van der Waals surface area contributed by atoms with E-state index < -0.39 is 0 Å². The fourth-order valence-corrected chi connectivity index (χ4v) is 5.93. The maximum absolute atomic E-state index is 13.7. The number of anilines is 1. The topological polar surface area (TPSA) is 59.3 Å². The second kappa shape index (κ2) is 8.11. The lowest BCUT2D eigenvalue weighted by Crippen LogP contribution is -2.29. The normalized spacial score (nSPS) is 17.7. The molecule has 0 spiro atoms. The van der Waals surface area contributed by atoms with Gasteiger partial charge in [-0.2, -0.15) is 5.10 Å². The van der Waals surface area contributed by atoms with Gasteiger partial charge in [0.2, 0.25) is 5.95 Å². The van der Waals surface area contributed by atoms with Crippen LogP contribution < -0.4 is 11.0 Å². The van der Waals surface area contributed by atoms with Crippen LogP contribution in [-0.4, -0.2) is 15.8 Å². The molecule has 1 N–H and O–H groups in total. The summed E-state index contributed by atoms with van der Waals surface area (Å²) in [5.74, 6) is 0.583. The summed E-state index contributed by atoms with van der Waals surface area (Å²) >= 11 is 1.70. The van der Waals surface area contributed by atoms with Gasteiger partial charge in [-0.15, -0.1) is 11.3 Å². The van der Waals surface area contributed by atoms with Gasteiger partial charge in [-0.05, 0) is 49.7 Å². The monoisotopic (exact) mass is 406 g/mol. The molecule has 0 atom stereocenters. The average molecular weight is 407 g/mol. The van der Waals surface area contributed by atoms with E-state index in [2.05, 4.69) is 10.5 Å². The number of rotatable bonds is 4. The Hall–Kier alpha value is -2.47. The number of nitrogens with zero attached hydrogens (tertiary/aromatic N) is 3. The van der Waals surface area contributed by atoms with Gasteiger partial charge >= 0.3 is 0 Å². The van der Waals surface area contributed by atoms with E-state index in [-0.39, 0.29) is 11.6 Å². The zero-order valence-corrected chi connectivity index (χ0v) is 17.4. The van der Waals surface area contributed by atoms with E-state index in [0.717, 1.165) is 41.5 Å². The minimum Gasteiger partial charge on any atom is -0.274 e. The number of aromatic nitrogens is 2. The molecule has 6 heteroatoms. The van der Waals surface area contributed by atoms with Crippen molar-refractivity contribution in [2.24, 2.45) is 5.10 Å². The van der Waals surface area contributed by atoms with Gasteiger partial charge in [0.25, 0.3) is 5.56 Å². The molecule has 2 aliphatic carbocycles. The van der Waals surface area contributed by atoms with Crippen LogP contribution in [0.1, 0.15) is 67.0 Å². The van der Waals surface area contributed by atoms with Crippen molar-refractivity contribution in [3.05, 3.63) is 56.7 Å². The molecule has 2 aromatic heterocycles. The lowest BCUT2D eigenvalue weighted by molar-refractivity contribution is 0.348. The maximum Gasteiger partial charge on any atom is 0.264 e. The number of hydrogen-bond donors (Lipinski definition) is 1. The van der Waals surface area contributed by atoms with Crippen LogP contribution in [0, 0.1) is 0 Å². The highest BCUT2D eigenvalue weighted by Gasteiger charge is 2.26. The van der Waals surface area contributed by atoms with Gasteiger partial charge in [0.15, 0.2) is 0 Å². The highest BCUT2D eigenvalue weighted by molar-refractivity contribution is 7.18. The summed E-state index contributed by atoms with van der Waals surface area (Å²) in [5.41, 5.74) is 5.50. The number of fused-ring (bicyclic) bond motifs is 3. The van der Waals surface area contributed by atoms with Gasteiger partial charge < -0.3 is 0 Å². The van der Waals surface area contributed by atoms with Crippen LogP contribution in [0.2, 0.25) is 0 Å². The van der Waals surface area contributed by atoms with Gasteiger partial charge in [0.1, 0.15) is 4.83 Å². The first-order valence-electron chi connectivity index (χ1n) is 10.7. The third kappa shape index (κ3) is 3.62. The molecule has 2 aliphatic rings. The minimum atomic E-state index is 0.124. The largest absolute Gasteiger partial charge is 0.274 e. The Balaban J connectivity index is 1.59. The third-order valence-corrected chi connectivity index (χ3v) is 7.32. The van der Waals surface area contributed by atoms with Gasteiger partial charge in [-0.25, -0.2) is 10.4 Å². The summed E-state index contributed by atoms with van der Waals surface area (Å²) in [4.78, 5) is 20.8. The van der Waals surface area contributed by atoms with Crippen LogP contribution in [0.25, 0.3) is 10.2 Å². The number of hydrazone groups is 1. The van der Waals surface area contributed by atoms with E-state index in [1.807, 2.05) is 34.9 Å². The second-order valence-electron chi connectivity index (χ2n) is 8.07. The Morgan fingerprint density at radius 2 is 1.86 bits per heavy atom. The summed E-state index contributed by atoms with van der Waals surface area (Å²) in [5, 5.41) is 5.27. The molecule has 0 unspecified atom stereocenters. The summed E-state index contributed by atoms with van der Waals surface area (Å²) in [6.07, 6.45) is 11.9. The quantitative estimate of drug-likeness (QED) is 0.473. The fourth-order valence-electron chi connectivity index (χ4n) is 4.68. The highest BCUT2D eigenvalue weighted by Crippen LogP contribution is 2.36. The molecule has 29 heavy (non-hydrogen) atoms. The Morgan fingerprint density at radius 3 is 2.69 bits per heavy atom. The molecule has 0 amide bonds. The molecule has 0 aliphatic heterocycles. The predicted molar refractivity (Wildman–Crippen MR) is 120 cm³/mol. The zero-order chi connectivity index (χ0) is 19.6. The average Bonchev–Trinajstić information content (AvgIpc) is 3.14. The molecule has 150 valence electrons. The summed E-state index contributed by atoms with van der Waals surface area (Å²) in [6, 6.07) is 10.2. The van der Waals surface area contributed by atoms with E-state index in [9.17, 15) is 4.79 Å². The molecular weight excluding hydrogens is 380 g/mol. The van der Waals surface area contributed by atoms with E-state index >= 15 is 0 Å². The van der Waals surface area contributed by atoms with Crippen LogP contribution in [0.4, 0.5) is 5.95 Å². The van der Waals surface area contributed by atoms with Crippen molar-refractivity contribution in [2.75, 3.05) is 5.43 Å². The number of aryl methyl sites for hydroxylation is 2. The van der Waals surface area contributed by atoms with E-state index in [1.165, 1.54) is 42.5 Å². The lowest BCUT2D eigenvalue weighted by Gasteiger charge is -2.25. The van der Waals surface area contributed by atoms with E-state index in [0.29, 0.717) is 5.95 Å². The van der Waals surface area contributed by atoms with Crippen molar-refractivity contribution in [1.29, 1.82) is 0 Å². The molecule has 0 saturated heterocycles. The Bertz CT molecular complexity index is 1090. The molecule has 5 nitrogen and oxygen atoms in total. The predicted octanol–water partition coefficient (Wildman–Crippen LogP) is 5.29. The first kappa shape index (κ1) is 18.6. The molecule has 3 aromatic rings. The zero-order valence-electron chi connectivity index (χ0n) is 16.6. The first-order valence-corrected chi connectivity index (χ1v) is 11.5. The van der Waals surface area contributed by atoms with Gasteiger partial charge in [-0.3, -0.25) is 9.36 Å². The van der Waals surface area contributed by atoms with Crippen molar-refractivity contribution in [3.63, 3.8) is 0 Å². The first-order chi connectivity index (χ1) is 14.3. The van der Waals surface area contributed by atoms with Gasteiger partial charge in [0, 0.05) is 10.9 Å². The van der Waals surface area contributed by atoms with Crippen molar-refractivity contribution in [3.8, 4) is 0 Å². The minimum absolute atomic E-state index is 0.124. The maximum atomic E-state index is 13.7. The molecule has 0 bridgehead atoms. The van der Waals surface area contributed by atoms with Crippen LogP contribution in [0.3, 0.4) is 0 Å². The smallest absolute Gasteiger partial charge is 0.264 e. The molecule has 1 saturated carbocycles. The molecule has 1 aromatic carbocycles. The Labute approximate surface area is 174 Å². The SMILES string of the molecule is O=c1c2c3c(sc2nc(N/N=C/c2ccccc2)n1C1CCCCC1)CCCC3. The number of benzene rings is 1. The molecule has 0 radical (unpaired) electrons. The summed E-state index contributed by atoms with van der Waals surface area (Å²) in [6.45, 7) is 0. The van der Waals surface area contributed by atoms with Crippen molar-refractivity contribution in [2.45, 2.75) is 63.8 Å². The van der Waals surface area contributed by atoms with Crippen molar-refractivity contribution >= 4 is 33.7 Å². The number of nitrogens with one attached hydrogen (secondary N) is 1. The third-order valence-electron chi connectivity index (χ3n) is 6.14. The fraction of sp³-hybridized carbons (Fsp3) is 0.435. The van der Waals surface area contributed by atoms with Crippen LogP contribution in [0.5, 0.6) is 0 Å². The number of hydrogen-bond acceptors (Lipinski definition) is 5. The summed E-state index contributed by atoms with van der Waals surface area (Å²) in [7, 11) is 0. The van der Waals surface area contributed by atoms with Crippen LogP contribution in [0.15, 0.2) is 40.2 Å². The van der Waals surface area contributed by atoms with E-state index in [4.69, 9.17) is 4.98 Å². The van der Waals surface area contributed by atoms with E-state index in [1.54, 1.807) is 17.6 Å². The van der Waals surface area contributed by atoms with Gasteiger partial charge in [0.05, 0.1) is 11.6 Å².